The van der Waals surface area contributed by atoms with E-state index in [1.165, 1.54) is 11.1 Å². The third-order valence-corrected chi connectivity index (χ3v) is 7.57. The van der Waals surface area contributed by atoms with Crippen molar-refractivity contribution in [2.45, 2.75) is 24.8 Å². The Bertz CT molecular complexity index is 970. The maximum absolute atomic E-state index is 13.0. The predicted octanol–water partition coefficient (Wildman–Crippen LogP) is 2.54. The van der Waals surface area contributed by atoms with Gasteiger partial charge in [0.25, 0.3) is 0 Å². The molecular weight excluding hydrogens is 416 g/mol. The van der Waals surface area contributed by atoms with Gasteiger partial charge in [-0.05, 0) is 48.4 Å². The number of ether oxygens (including phenoxy) is 3. The van der Waals surface area contributed by atoms with E-state index >= 15 is 0 Å². The maximum Gasteiger partial charge on any atom is 0.243 e. The number of hydrogen-bond acceptors (Lipinski definition) is 6. The van der Waals surface area contributed by atoms with Crippen LogP contribution in [0, 0.1) is 0 Å². The van der Waals surface area contributed by atoms with Crippen molar-refractivity contribution in [1.82, 2.24) is 9.21 Å². The molecule has 0 aliphatic carbocycles. The summed E-state index contributed by atoms with van der Waals surface area (Å²) in [6.07, 6.45) is 0.964. The van der Waals surface area contributed by atoms with Gasteiger partial charge in [-0.15, -0.1) is 0 Å². The minimum atomic E-state index is -3.50. The molecule has 0 unspecified atom stereocenters. The Morgan fingerprint density at radius 2 is 1.77 bits per heavy atom. The quantitative estimate of drug-likeness (QED) is 0.552. The highest BCUT2D eigenvalue weighted by molar-refractivity contribution is 7.89. The Hall–Kier alpha value is -2.13. The zero-order chi connectivity index (χ0) is 21.7. The standard InChI is InChI=1S/C23H30N2O5S/c1-2-28-15-16-29-21-4-6-22(7-5-21)31(26,27)25-12-10-24(11-13-25)18-19-3-8-23-20(17-19)9-14-30-23/h3-8,17H,2,9-16,18H2,1H3. The third-order valence-electron chi connectivity index (χ3n) is 5.65. The minimum Gasteiger partial charge on any atom is -0.493 e. The number of piperazine rings is 1. The van der Waals surface area contributed by atoms with E-state index in [0.717, 1.165) is 25.3 Å². The average Bonchev–Trinajstić information content (AvgIpc) is 3.25. The second-order valence-electron chi connectivity index (χ2n) is 7.74. The Kier molecular flexibility index (Phi) is 7.12. The van der Waals surface area contributed by atoms with E-state index in [9.17, 15) is 8.42 Å². The molecule has 2 aliphatic heterocycles. The summed E-state index contributed by atoms with van der Waals surface area (Å²) in [6.45, 7) is 7.53. The number of sulfonamides is 1. The van der Waals surface area contributed by atoms with Crippen molar-refractivity contribution < 1.29 is 22.6 Å². The van der Waals surface area contributed by atoms with Gasteiger partial charge in [-0.1, -0.05) is 12.1 Å². The molecule has 0 radical (unpaired) electrons. The van der Waals surface area contributed by atoms with Crippen LogP contribution in [0.5, 0.6) is 11.5 Å². The molecule has 2 aromatic carbocycles. The first kappa shape index (κ1) is 22.1. The molecule has 1 saturated heterocycles. The van der Waals surface area contributed by atoms with E-state index in [2.05, 4.69) is 17.0 Å². The summed E-state index contributed by atoms with van der Waals surface area (Å²) in [4.78, 5) is 2.61. The molecule has 0 aromatic heterocycles. The molecule has 0 bridgehead atoms. The van der Waals surface area contributed by atoms with Crippen molar-refractivity contribution in [3.8, 4) is 11.5 Å². The molecule has 8 heteroatoms. The van der Waals surface area contributed by atoms with E-state index in [1.807, 2.05) is 13.0 Å². The van der Waals surface area contributed by atoms with E-state index in [0.29, 0.717) is 56.6 Å². The molecule has 168 valence electrons. The highest BCUT2D eigenvalue weighted by atomic mass is 32.2. The molecule has 2 aliphatic rings. The van der Waals surface area contributed by atoms with Crippen molar-refractivity contribution >= 4 is 10.0 Å². The van der Waals surface area contributed by atoms with Gasteiger partial charge in [-0.3, -0.25) is 4.90 Å². The molecule has 1 fully saturated rings. The first-order chi connectivity index (χ1) is 15.1. The van der Waals surface area contributed by atoms with Crippen LogP contribution in [-0.2, 0) is 27.7 Å². The summed E-state index contributed by atoms with van der Waals surface area (Å²) in [6, 6.07) is 13.0. The Balaban J connectivity index is 1.30. The van der Waals surface area contributed by atoms with Gasteiger partial charge >= 0.3 is 0 Å². The van der Waals surface area contributed by atoms with Gasteiger partial charge in [-0.25, -0.2) is 8.42 Å². The maximum atomic E-state index is 13.0. The molecule has 2 heterocycles. The molecule has 0 spiro atoms. The highest BCUT2D eigenvalue weighted by Gasteiger charge is 2.28. The summed E-state index contributed by atoms with van der Waals surface area (Å²) >= 11 is 0. The fraction of sp³-hybridized carbons (Fsp3) is 0.478. The Morgan fingerprint density at radius 1 is 1.00 bits per heavy atom. The topological polar surface area (TPSA) is 68.3 Å². The molecule has 2 aromatic rings. The summed E-state index contributed by atoms with van der Waals surface area (Å²) in [5.74, 6) is 1.63. The number of rotatable bonds is 9. The van der Waals surface area contributed by atoms with Crippen molar-refractivity contribution in [3.63, 3.8) is 0 Å². The second-order valence-corrected chi connectivity index (χ2v) is 9.68. The van der Waals surface area contributed by atoms with Crippen LogP contribution in [0.4, 0.5) is 0 Å². The lowest BCUT2D eigenvalue weighted by atomic mass is 10.1. The Labute approximate surface area is 184 Å². The molecule has 4 rings (SSSR count). The zero-order valence-corrected chi connectivity index (χ0v) is 18.8. The first-order valence-electron chi connectivity index (χ1n) is 10.8. The molecule has 7 nitrogen and oxygen atoms in total. The van der Waals surface area contributed by atoms with Crippen LogP contribution in [-0.4, -0.2) is 70.2 Å². The molecule has 31 heavy (non-hydrogen) atoms. The van der Waals surface area contributed by atoms with Gasteiger partial charge in [0.2, 0.25) is 10.0 Å². The van der Waals surface area contributed by atoms with Crippen LogP contribution in [0.15, 0.2) is 47.4 Å². The monoisotopic (exact) mass is 446 g/mol. The SMILES string of the molecule is CCOCCOc1ccc(S(=O)(=O)N2CCN(Cc3ccc4c(c3)CCO4)CC2)cc1. The second kappa shape index (κ2) is 9.99. The first-order valence-corrected chi connectivity index (χ1v) is 12.3. The molecular formula is C23H30N2O5S. The van der Waals surface area contributed by atoms with Crippen molar-refractivity contribution in [2.24, 2.45) is 0 Å². The lowest BCUT2D eigenvalue weighted by Crippen LogP contribution is -2.48. The third kappa shape index (κ3) is 5.38. The summed E-state index contributed by atoms with van der Waals surface area (Å²) in [5, 5.41) is 0. The molecule has 0 N–H and O–H groups in total. The molecule has 0 atom stereocenters. The van der Waals surface area contributed by atoms with Gasteiger partial charge in [0.1, 0.15) is 18.1 Å². The van der Waals surface area contributed by atoms with Gasteiger partial charge in [0.15, 0.2) is 0 Å². The summed E-state index contributed by atoms with van der Waals surface area (Å²) in [7, 11) is -3.50. The number of fused-ring (bicyclic) bond motifs is 1. The van der Waals surface area contributed by atoms with Crippen LogP contribution < -0.4 is 9.47 Å². The smallest absolute Gasteiger partial charge is 0.243 e. The van der Waals surface area contributed by atoms with Gasteiger partial charge in [0.05, 0.1) is 18.1 Å². The van der Waals surface area contributed by atoms with Gasteiger partial charge in [0, 0.05) is 45.8 Å². The van der Waals surface area contributed by atoms with E-state index in [-0.39, 0.29) is 0 Å². The van der Waals surface area contributed by atoms with Crippen molar-refractivity contribution in [3.05, 3.63) is 53.6 Å². The summed E-state index contributed by atoms with van der Waals surface area (Å²) < 4.78 is 44.0. The van der Waals surface area contributed by atoms with Gasteiger partial charge in [-0.2, -0.15) is 4.31 Å². The van der Waals surface area contributed by atoms with E-state index in [4.69, 9.17) is 14.2 Å². The largest absolute Gasteiger partial charge is 0.493 e. The zero-order valence-electron chi connectivity index (χ0n) is 18.0. The number of nitrogens with zero attached hydrogens (tertiary/aromatic N) is 2. The van der Waals surface area contributed by atoms with Crippen molar-refractivity contribution in [2.75, 3.05) is 52.6 Å². The predicted molar refractivity (Wildman–Crippen MR) is 118 cm³/mol. The van der Waals surface area contributed by atoms with Crippen LogP contribution in [0.3, 0.4) is 0 Å². The van der Waals surface area contributed by atoms with Crippen LogP contribution in [0.2, 0.25) is 0 Å². The van der Waals surface area contributed by atoms with E-state index < -0.39 is 10.0 Å². The fourth-order valence-electron chi connectivity index (χ4n) is 3.94. The molecule has 0 amide bonds. The highest BCUT2D eigenvalue weighted by Crippen LogP contribution is 2.27. The lowest BCUT2D eigenvalue weighted by molar-refractivity contribution is 0.110. The van der Waals surface area contributed by atoms with Crippen LogP contribution in [0.1, 0.15) is 18.1 Å². The summed E-state index contributed by atoms with van der Waals surface area (Å²) in [5.41, 5.74) is 2.52. The van der Waals surface area contributed by atoms with Crippen LogP contribution in [0.25, 0.3) is 0 Å². The minimum absolute atomic E-state index is 0.303. The number of hydrogen-bond donors (Lipinski definition) is 0. The number of benzene rings is 2. The molecule has 0 saturated carbocycles. The Morgan fingerprint density at radius 3 is 2.52 bits per heavy atom. The average molecular weight is 447 g/mol. The van der Waals surface area contributed by atoms with E-state index in [1.54, 1.807) is 28.6 Å². The van der Waals surface area contributed by atoms with Gasteiger partial charge < -0.3 is 14.2 Å². The van der Waals surface area contributed by atoms with Crippen molar-refractivity contribution in [1.29, 1.82) is 0 Å². The van der Waals surface area contributed by atoms with Crippen LogP contribution >= 0.6 is 0 Å². The fourth-order valence-corrected chi connectivity index (χ4v) is 5.37. The lowest BCUT2D eigenvalue weighted by Gasteiger charge is -2.34. The normalized spacial score (nSPS) is 17.3.